The van der Waals surface area contributed by atoms with Gasteiger partial charge >= 0.3 is 0 Å². The van der Waals surface area contributed by atoms with E-state index in [1.165, 1.54) is 12.1 Å². The number of rotatable bonds is 3. The molecule has 0 radical (unpaired) electrons. The van der Waals surface area contributed by atoms with Gasteiger partial charge in [-0.25, -0.2) is 4.39 Å². The standard InChI is InChI=1S/C10H14FNS/c1-7-5-8(11)3-4-9(7)10(12)6-13-2/h3-5,10H,6,12H2,1-2H3. The van der Waals surface area contributed by atoms with E-state index in [0.717, 1.165) is 16.9 Å². The Bertz CT molecular complexity index is 288. The van der Waals surface area contributed by atoms with E-state index in [4.69, 9.17) is 5.73 Å². The highest BCUT2D eigenvalue weighted by Gasteiger charge is 2.08. The Morgan fingerprint density at radius 2 is 2.23 bits per heavy atom. The third-order valence-electron chi connectivity index (χ3n) is 1.98. The fourth-order valence-corrected chi connectivity index (χ4v) is 1.86. The molecule has 2 N–H and O–H groups in total. The molecule has 0 aromatic heterocycles. The van der Waals surface area contributed by atoms with E-state index < -0.39 is 0 Å². The van der Waals surface area contributed by atoms with Gasteiger partial charge in [-0.2, -0.15) is 11.8 Å². The van der Waals surface area contributed by atoms with E-state index in [-0.39, 0.29) is 11.9 Å². The van der Waals surface area contributed by atoms with Crippen LogP contribution in [0.15, 0.2) is 18.2 Å². The Morgan fingerprint density at radius 3 is 2.77 bits per heavy atom. The predicted molar refractivity (Wildman–Crippen MR) is 56.4 cm³/mol. The molecule has 1 aromatic rings. The summed E-state index contributed by atoms with van der Waals surface area (Å²) < 4.78 is 12.8. The van der Waals surface area contributed by atoms with Crippen LogP contribution in [0.5, 0.6) is 0 Å². The van der Waals surface area contributed by atoms with Gasteiger partial charge in [0.05, 0.1) is 0 Å². The molecule has 3 heteroatoms. The average Bonchev–Trinajstić information content (AvgIpc) is 2.04. The molecule has 0 bridgehead atoms. The smallest absolute Gasteiger partial charge is 0.123 e. The van der Waals surface area contributed by atoms with E-state index in [0.29, 0.717) is 0 Å². The molecule has 0 heterocycles. The van der Waals surface area contributed by atoms with Gasteiger partial charge in [0.25, 0.3) is 0 Å². The lowest BCUT2D eigenvalue weighted by Crippen LogP contribution is -2.14. The molecule has 1 atom stereocenters. The highest BCUT2D eigenvalue weighted by atomic mass is 32.2. The fourth-order valence-electron chi connectivity index (χ4n) is 1.32. The van der Waals surface area contributed by atoms with Crippen molar-refractivity contribution in [3.63, 3.8) is 0 Å². The molecule has 0 aliphatic rings. The lowest BCUT2D eigenvalue weighted by molar-refractivity contribution is 0.624. The fraction of sp³-hybridized carbons (Fsp3) is 0.400. The first kappa shape index (κ1) is 10.5. The number of halogens is 1. The zero-order valence-corrected chi connectivity index (χ0v) is 8.70. The molecule has 1 rings (SSSR count). The maximum Gasteiger partial charge on any atom is 0.123 e. The van der Waals surface area contributed by atoms with Gasteiger partial charge in [-0.15, -0.1) is 0 Å². The minimum atomic E-state index is -0.197. The van der Waals surface area contributed by atoms with Gasteiger partial charge in [0.2, 0.25) is 0 Å². The first-order valence-electron chi connectivity index (χ1n) is 4.15. The summed E-state index contributed by atoms with van der Waals surface area (Å²) in [4.78, 5) is 0. The summed E-state index contributed by atoms with van der Waals surface area (Å²) in [5, 5.41) is 0. The molecule has 72 valence electrons. The summed E-state index contributed by atoms with van der Waals surface area (Å²) in [7, 11) is 0. The van der Waals surface area contributed by atoms with Crippen molar-refractivity contribution in [2.45, 2.75) is 13.0 Å². The number of hydrogen-bond acceptors (Lipinski definition) is 2. The number of thioether (sulfide) groups is 1. The average molecular weight is 199 g/mol. The highest BCUT2D eigenvalue weighted by molar-refractivity contribution is 7.98. The van der Waals surface area contributed by atoms with E-state index >= 15 is 0 Å². The number of aryl methyl sites for hydroxylation is 1. The first-order valence-corrected chi connectivity index (χ1v) is 5.55. The Hall–Kier alpha value is -0.540. The SMILES string of the molecule is CSCC(N)c1ccc(F)cc1C. The molecule has 1 unspecified atom stereocenters. The second-order valence-corrected chi connectivity index (χ2v) is 3.97. The second-order valence-electron chi connectivity index (χ2n) is 3.06. The molecule has 0 spiro atoms. The summed E-state index contributed by atoms with van der Waals surface area (Å²) in [6.45, 7) is 1.89. The summed E-state index contributed by atoms with van der Waals surface area (Å²) >= 11 is 1.70. The van der Waals surface area contributed by atoms with Crippen LogP contribution in [0.3, 0.4) is 0 Å². The van der Waals surface area contributed by atoms with Crippen LogP contribution in [0, 0.1) is 12.7 Å². The lowest BCUT2D eigenvalue weighted by Gasteiger charge is -2.13. The third kappa shape index (κ3) is 2.71. The maximum atomic E-state index is 12.8. The summed E-state index contributed by atoms with van der Waals surface area (Å²) in [5.74, 6) is 0.671. The van der Waals surface area contributed by atoms with Crippen molar-refractivity contribution < 1.29 is 4.39 Å². The van der Waals surface area contributed by atoms with Crippen molar-refractivity contribution >= 4 is 11.8 Å². The van der Waals surface area contributed by atoms with Gasteiger partial charge in [0.15, 0.2) is 0 Å². The summed E-state index contributed by atoms with van der Waals surface area (Å²) in [6.07, 6.45) is 2.01. The van der Waals surface area contributed by atoms with Gasteiger partial charge in [-0.1, -0.05) is 6.07 Å². The Kier molecular flexibility index (Phi) is 3.75. The largest absolute Gasteiger partial charge is 0.323 e. The van der Waals surface area contributed by atoms with E-state index in [9.17, 15) is 4.39 Å². The maximum absolute atomic E-state index is 12.8. The molecule has 1 aromatic carbocycles. The second kappa shape index (κ2) is 4.63. The van der Waals surface area contributed by atoms with Crippen LogP contribution in [0.4, 0.5) is 4.39 Å². The quantitative estimate of drug-likeness (QED) is 0.809. The van der Waals surface area contributed by atoms with E-state index in [1.54, 1.807) is 17.8 Å². The zero-order valence-electron chi connectivity index (χ0n) is 7.88. The van der Waals surface area contributed by atoms with Gasteiger partial charge in [-0.05, 0) is 36.4 Å². The minimum absolute atomic E-state index is 0.00981. The summed E-state index contributed by atoms with van der Waals surface area (Å²) in [5.41, 5.74) is 7.88. The monoisotopic (exact) mass is 199 g/mol. The van der Waals surface area contributed by atoms with Crippen molar-refractivity contribution in [2.75, 3.05) is 12.0 Å². The molecule has 0 saturated heterocycles. The van der Waals surface area contributed by atoms with Gasteiger partial charge < -0.3 is 5.73 Å². The molecular weight excluding hydrogens is 185 g/mol. The van der Waals surface area contributed by atoms with Crippen LogP contribution in [0.1, 0.15) is 17.2 Å². The lowest BCUT2D eigenvalue weighted by atomic mass is 10.0. The van der Waals surface area contributed by atoms with Gasteiger partial charge in [0, 0.05) is 11.8 Å². The Morgan fingerprint density at radius 1 is 1.54 bits per heavy atom. The Labute approximate surface area is 82.5 Å². The zero-order chi connectivity index (χ0) is 9.84. The van der Waals surface area contributed by atoms with Crippen molar-refractivity contribution in [3.05, 3.63) is 35.1 Å². The molecule has 0 saturated carbocycles. The van der Waals surface area contributed by atoms with Crippen LogP contribution >= 0.6 is 11.8 Å². The molecule has 0 aliphatic heterocycles. The topological polar surface area (TPSA) is 26.0 Å². The normalized spacial score (nSPS) is 12.9. The van der Waals surface area contributed by atoms with Crippen molar-refractivity contribution in [3.8, 4) is 0 Å². The molecule has 0 amide bonds. The number of nitrogens with two attached hydrogens (primary N) is 1. The van der Waals surface area contributed by atoms with Crippen LogP contribution in [0.25, 0.3) is 0 Å². The van der Waals surface area contributed by atoms with Gasteiger partial charge in [-0.3, -0.25) is 0 Å². The third-order valence-corrected chi connectivity index (χ3v) is 2.67. The first-order chi connectivity index (χ1) is 6.15. The highest BCUT2D eigenvalue weighted by Crippen LogP contribution is 2.19. The number of hydrogen-bond donors (Lipinski definition) is 1. The molecular formula is C10H14FNS. The van der Waals surface area contributed by atoms with Crippen LogP contribution in [-0.2, 0) is 0 Å². The summed E-state index contributed by atoms with van der Waals surface area (Å²) in [6, 6.07) is 4.76. The van der Waals surface area contributed by atoms with Crippen LogP contribution in [0.2, 0.25) is 0 Å². The molecule has 13 heavy (non-hydrogen) atoms. The minimum Gasteiger partial charge on any atom is -0.323 e. The molecule has 0 fully saturated rings. The van der Waals surface area contributed by atoms with Crippen molar-refractivity contribution in [1.29, 1.82) is 0 Å². The van der Waals surface area contributed by atoms with E-state index in [2.05, 4.69) is 0 Å². The van der Waals surface area contributed by atoms with Crippen molar-refractivity contribution in [2.24, 2.45) is 5.73 Å². The van der Waals surface area contributed by atoms with Gasteiger partial charge in [0.1, 0.15) is 5.82 Å². The molecule has 1 nitrogen and oxygen atoms in total. The molecule has 0 aliphatic carbocycles. The predicted octanol–water partition coefficient (Wildman–Crippen LogP) is 2.50. The van der Waals surface area contributed by atoms with E-state index in [1.807, 2.05) is 13.2 Å². The Balaban J connectivity index is 2.88. The number of benzene rings is 1. The van der Waals surface area contributed by atoms with Crippen molar-refractivity contribution in [1.82, 2.24) is 0 Å². The van der Waals surface area contributed by atoms with Crippen LogP contribution < -0.4 is 5.73 Å². The van der Waals surface area contributed by atoms with Crippen LogP contribution in [-0.4, -0.2) is 12.0 Å².